The average Bonchev–Trinajstić information content (AvgIpc) is 3.41. The van der Waals surface area contributed by atoms with Gasteiger partial charge in [-0.3, -0.25) is 4.79 Å². The van der Waals surface area contributed by atoms with Gasteiger partial charge in [-0.05, 0) is 60.9 Å². The largest absolute Gasteiger partial charge is 0.366 e. The van der Waals surface area contributed by atoms with Crippen LogP contribution in [-0.4, -0.2) is 18.0 Å². The molecule has 25 heavy (non-hydrogen) atoms. The number of carbonyl (C=O) groups is 1. The van der Waals surface area contributed by atoms with Gasteiger partial charge in [0.1, 0.15) is 0 Å². The van der Waals surface area contributed by atoms with Crippen LogP contribution in [0.2, 0.25) is 0 Å². The number of rotatable bonds is 5. The van der Waals surface area contributed by atoms with E-state index in [4.69, 9.17) is 5.73 Å². The number of benzene rings is 2. The van der Waals surface area contributed by atoms with E-state index in [0.717, 1.165) is 19.3 Å². The Balaban J connectivity index is 0.00000182. The Labute approximate surface area is 155 Å². The lowest BCUT2D eigenvalue weighted by Gasteiger charge is -2.35. The zero-order chi connectivity index (χ0) is 16.5. The number of nitrogens with two attached hydrogens (primary N) is 1. The number of hydrogen-bond acceptors (Lipinski definition) is 2. The molecule has 2 aromatic rings. The van der Waals surface area contributed by atoms with Gasteiger partial charge in [-0.2, -0.15) is 0 Å². The van der Waals surface area contributed by atoms with Crippen LogP contribution in [0.15, 0.2) is 48.5 Å². The fourth-order valence-electron chi connectivity index (χ4n) is 3.92. The number of hydrogen-bond donors (Lipinski definition) is 2. The van der Waals surface area contributed by atoms with E-state index in [2.05, 4.69) is 41.7 Å². The van der Waals surface area contributed by atoms with Gasteiger partial charge in [0.25, 0.3) is 0 Å². The van der Waals surface area contributed by atoms with Crippen molar-refractivity contribution in [3.05, 3.63) is 70.8 Å². The van der Waals surface area contributed by atoms with E-state index >= 15 is 0 Å². The maximum Gasteiger partial charge on any atom is 0.248 e. The Morgan fingerprint density at radius 2 is 1.84 bits per heavy atom. The molecule has 2 aromatic carbocycles. The fourth-order valence-corrected chi connectivity index (χ4v) is 3.92. The van der Waals surface area contributed by atoms with Crippen molar-refractivity contribution in [3.8, 4) is 0 Å². The molecule has 0 aromatic heterocycles. The predicted octanol–water partition coefficient (Wildman–Crippen LogP) is 3.60. The molecule has 1 amide bonds. The van der Waals surface area contributed by atoms with E-state index in [1.807, 2.05) is 12.1 Å². The van der Waals surface area contributed by atoms with Crippen molar-refractivity contribution >= 4 is 18.3 Å². The summed E-state index contributed by atoms with van der Waals surface area (Å²) >= 11 is 0. The van der Waals surface area contributed by atoms with Crippen LogP contribution in [0.4, 0.5) is 0 Å². The van der Waals surface area contributed by atoms with Crippen LogP contribution in [0.3, 0.4) is 0 Å². The van der Waals surface area contributed by atoms with Crippen LogP contribution in [0.1, 0.15) is 52.2 Å². The number of halogens is 1. The first kappa shape index (κ1) is 18.0. The molecular weight excluding hydrogens is 332 g/mol. The predicted molar refractivity (Wildman–Crippen MR) is 103 cm³/mol. The Kier molecular flexibility index (Phi) is 5.45. The van der Waals surface area contributed by atoms with Crippen molar-refractivity contribution in [2.45, 2.75) is 50.1 Å². The molecule has 0 heterocycles. The average molecular weight is 357 g/mol. The lowest BCUT2D eigenvalue weighted by atomic mass is 9.75. The molecule has 0 bridgehead atoms. The third-order valence-electron chi connectivity index (χ3n) is 5.37. The molecule has 0 spiro atoms. The normalized spacial score (nSPS) is 21.9. The highest BCUT2D eigenvalue weighted by molar-refractivity contribution is 5.93. The van der Waals surface area contributed by atoms with E-state index in [9.17, 15) is 4.79 Å². The summed E-state index contributed by atoms with van der Waals surface area (Å²) in [4.78, 5) is 11.6. The van der Waals surface area contributed by atoms with E-state index < -0.39 is 0 Å². The van der Waals surface area contributed by atoms with Crippen molar-refractivity contribution in [1.29, 1.82) is 0 Å². The van der Waals surface area contributed by atoms with Crippen molar-refractivity contribution in [2.75, 3.05) is 0 Å². The zero-order valence-corrected chi connectivity index (χ0v) is 15.1. The minimum absolute atomic E-state index is 0. The van der Waals surface area contributed by atoms with Gasteiger partial charge in [0.05, 0.1) is 0 Å². The number of primary amides is 1. The molecule has 0 radical (unpaired) electrons. The summed E-state index contributed by atoms with van der Waals surface area (Å²) in [6, 6.07) is 17.8. The molecule has 2 unspecified atom stereocenters. The highest BCUT2D eigenvalue weighted by Gasteiger charge is 2.34. The number of fused-ring (bicyclic) bond motifs is 1. The summed E-state index contributed by atoms with van der Waals surface area (Å²) in [6.45, 7) is 0. The zero-order valence-electron chi connectivity index (χ0n) is 14.3. The molecule has 1 saturated carbocycles. The van der Waals surface area contributed by atoms with Crippen LogP contribution in [0.5, 0.6) is 0 Å². The summed E-state index contributed by atoms with van der Waals surface area (Å²) in [7, 11) is 0. The molecular formula is C21H25ClN2O. The Bertz CT molecular complexity index is 743. The summed E-state index contributed by atoms with van der Waals surface area (Å²) in [5, 5.41) is 3.84. The van der Waals surface area contributed by atoms with E-state index in [1.54, 1.807) is 0 Å². The lowest BCUT2D eigenvalue weighted by Crippen LogP contribution is -2.40. The topological polar surface area (TPSA) is 55.1 Å². The highest BCUT2D eigenvalue weighted by Crippen LogP contribution is 2.37. The van der Waals surface area contributed by atoms with Gasteiger partial charge in [-0.1, -0.05) is 36.4 Å². The first-order chi connectivity index (χ1) is 11.7. The van der Waals surface area contributed by atoms with Crippen LogP contribution in [-0.2, 0) is 12.8 Å². The Hall–Kier alpha value is -1.84. The standard InChI is InChI=1S/C21H24N2O.ClH/c22-21(24)16-7-6-15-8-11-20(23-17-9-10-17)19(18(15)13-16)12-14-4-2-1-3-5-14;/h1-7,13,17,19-20,23H,8-12H2,(H2,22,24);1H. The smallest absolute Gasteiger partial charge is 0.248 e. The van der Waals surface area contributed by atoms with Crippen molar-refractivity contribution in [2.24, 2.45) is 5.73 Å². The van der Waals surface area contributed by atoms with E-state index in [-0.39, 0.29) is 18.3 Å². The van der Waals surface area contributed by atoms with Crippen LogP contribution in [0, 0.1) is 0 Å². The maximum absolute atomic E-state index is 11.6. The summed E-state index contributed by atoms with van der Waals surface area (Å²) in [5.74, 6) is 0.0598. The van der Waals surface area contributed by atoms with Gasteiger partial charge in [-0.25, -0.2) is 0 Å². The van der Waals surface area contributed by atoms with Gasteiger partial charge >= 0.3 is 0 Å². The number of nitrogens with one attached hydrogen (secondary N) is 1. The fraction of sp³-hybridized carbons (Fsp3) is 0.381. The SMILES string of the molecule is Cl.NC(=O)c1ccc2c(c1)C(Cc1ccccc1)C(NC1CC1)CC2. The van der Waals surface area contributed by atoms with Gasteiger partial charge in [0.15, 0.2) is 0 Å². The van der Waals surface area contributed by atoms with Gasteiger partial charge in [0, 0.05) is 23.6 Å². The molecule has 0 aliphatic heterocycles. The number of amides is 1. The third-order valence-corrected chi connectivity index (χ3v) is 5.37. The van der Waals surface area contributed by atoms with Crippen LogP contribution >= 0.6 is 12.4 Å². The van der Waals surface area contributed by atoms with E-state index in [1.165, 1.54) is 29.5 Å². The molecule has 132 valence electrons. The van der Waals surface area contributed by atoms with Crippen molar-refractivity contribution in [3.63, 3.8) is 0 Å². The molecule has 3 nitrogen and oxygen atoms in total. The number of carbonyl (C=O) groups excluding carboxylic acids is 1. The van der Waals surface area contributed by atoms with E-state index in [0.29, 0.717) is 23.6 Å². The molecule has 2 aliphatic rings. The molecule has 0 saturated heterocycles. The molecule has 2 aliphatic carbocycles. The first-order valence-corrected chi connectivity index (χ1v) is 8.93. The third kappa shape index (κ3) is 4.05. The summed E-state index contributed by atoms with van der Waals surface area (Å²) in [6.07, 6.45) is 5.83. The van der Waals surface area contributed by atoms with Gasteiger partial charge in [0.2, 0.25) is 5.91 Å². The minimum atomic E-state index is -0.339. The second-order valence-corrected chi connectivity index (χ2v) is 7.16. The second-order valence-electron chi connectivity index (χ2n) is 7.16. The molecule has 1 fully saturated rings. The first-order valence-electron chi connectivity index (χ1n) is 8.93. The highest BCUT2D eigenvalue weighted by atomic mass is 35.5. The molecule has 4 rings (SSSR count). The summed E-state index contributed by atoms with van der Waals surface area (Å²) in [5.41, 5.74) is 10.2. The van der Waals surface area contributed by atoms with Crippen molar-refractivity contribution < 1.29 is 4.79 Å². The second kappa shape index (κ2) is 7.59. The molecule has 4 heteroatoms. The lowest BCUT2D eigenvalue weighted by molar-refractivity contribution is 0.1000. The summed E-state index contributed by atoms with van der Waals surface area (Å²) < 4.78 is 0. The molecule has 3 N–H and O–H groups in total. The number of aryl methyl sites for hydroxylation is 1. The monoisotopic (exact) mass is 356 g/mol. The van der Waals surface area contributed by atoms with Crippen LogP contribution < -0.4 is 11.1 Å². The van der Waals surface area contributed by atoms with Gasteiger partial charge < -0.3 is 11.1 Å². The minimum Gasteiger partial charge on any atom is -0.366 e. The maximum atomic E-state index is 11.6. The van der Waals surface area contributed by atoms with Crippen LogP contribution in [0.25, 0.3) is 0 Å². The van der Waals surface area contributed by atoms with Gasteiger partial charge in [-0.15, -0.1) is 12.4 Å². The molecule has 2 atom stereocenters. The quantitative estimate of drug-likeness (QED) is 0.860. The van der Waals surface area contributed by atoms with Crippen molar-refractivity contribution in [1.82, 2.24) is 5.32 Å². The Morgan fingerprint density at radius 3 is 2.52 bits per heavy atom. The Morgan fingerprint density at radius 1 is 1.08 bits per heavy atom.